The highest BCUT2D eigenvalue weighted by Gasteiger charge is 2.11. The molecule has 1 aromatic heterocycles. The molecule has 2 aromatic rings. The molecule has 19 heavy (non-hydrogen) atoms. The maximum Gasteiger partial charge on any atom is 0.220 e. The molecule has 0 saturated heterocycles. The fraction of sp³-hybridized carbons (Fsp3) is 0.385. The Kier molecular flexibility index (Phi) is 5.60. The van der Waals surface area contributed by atoms with Crippen molar-refractivity contribution in [3.63, 3.8) is 0 Å². The van der Waals surface area contributed by atoms with E-state index in [9.17, 15) is 0 Å². The van der Waals surface area contributed by atoms with Gasteiger partial charge in [-0.05, 0) is 17.2 Å². The fourth-order valence-corrected chi connectivity index (χ4v) is 3.64. The first-order valence-corrected chi connectivity index (χ1v) is 8.70. The molecule has 0 fully saturated rings. The first-order valence-electron chi connectivity index (χ1n) is 6.38. The normalized spacial score (nSPS) is 10.8. The maximum absolute atomic E-state index is 6.03. The summed E-state index contributed by atoms with van der Waals surface area (Å²) in [5.41, 5.74) is 0.986. The average Bonchev–Trinajstić information content (AvgIpc) is 2.81. The molecular formula is C13H18N4S2. The average molecular weight is 294 g/mol. The van der Waals surface area contributed by atoms with Crippen LogP contribution in [-0.4, -0.2) is 20.6 Å². The van der Waals surface area contributed by atoms with Crippen LogP contribution in [0.4, 0.5) is 0 Å². The van der Waals surface area contributed by atoms with E-state index in [0.29, 0.717) is 5.82 Å². The minimum Gasteiger partial charge on any atom is -0.335 e. The van der Waals surface area contributed by atoms with Gasteiger partial charge in [0.2, 0.25) is 5.16 Å². The monoisotopic (exact) mass is 294 g/mol. The highest BCUT2D eigenvalue weighted by atomic mass is 33.1. The second-order valence-electron chi connectivity index (χ2n) is 4.15. The molecule has 2 N–H and O–H groups in total. The van der Waals surface area contributed by atoms with Crippen LogP contribution in [0.25, 0.3) is 11.4 Å². The smallest absolute Gasteiger partial charge is 0.220 e. The number of rotatable bonds is 7. The van der Waals surface area contributed by atoms with E-state index in [2.05, 4.69) is 17.1 Å². The largest absolute Gasteiger partial charge is 0.335 e. The lowest BCUT2D eigenvalue weighted by Gasteiger charge is -2.03. The fourth-order valence-electron chi connectivity index (χ4n) is 1.62. The first-order chi connectivity index (χ1) is 9.33. The minimum atomic E-state index is 0.706. The molecule has 0 unspecified atom stereocenters. The molecule has 0 spiro atoms. The van der Waals surface area contributed by atoms with Crippen LogP contribution in [0.1, 0.15) is 26.2 Å². The predicted octanol–water partition coefficient (Wildman–Crippen LogP) is 3.59. The Morgan fingerprint density at radius 3 is 2.68 bits per heavy atom. The number of aromatic nitrogens is 3. The Morgan fingerprint density at radius 2 is 1.95 bits per heavy atom. The molecule has 0 aliphatic carbocycles. The molecule has 0 bridgehead atoms. The van der Waals surface area contributed by atoms with Crippen LogP contribution >= 0.6 is 21.6 Å². The lowest BCUT2D eigenvalue weighted by atomic mass is 10.2. The molecule has 0 aliphatic rings. The summed E-state index contributed by atoms with van der Waals surface area (Å²) < 4.78 is 1.56. The van der Waals surface area contributed by atoms with Crippen LogP contribution < -0.4 is 5.84 Å². The topological polar surface area (TPSA) is 56.7 Å². The number of unbranched alkanes of at least 4 members (excludes halogenated alkanes) is 2. The number of benzene rings is 1. The molecule has 4 nitrogen and oxygen atoms in total. The van der Waals surface area contributed by atoms with E-state index in [1.807, 2.05) is 30.3 Å². The second kappa shape index (κ2) is 7.45. The van der Waals surface area contributed by atoms with Gasteiger partial charge in [0.25, 0.3) is 0 Å². The Bertz CT molecular complexity index is 499. The maximum atomic E-state index is 6.03. The highest BCUT2D eigenvalue weighted by Crippen LogP contribution is 2.31. The summed E-state index contributed by atoms with van der Waals surface area (Å²) in [6.07, 6.45) is 3.76. The Balaban J connectivity index is 1.95. The van der Waals surface area contributed by atoms with Gasteiger partial charge in [0, 0.05) is 11.3 Å². The molecular weight excluding hydrogens is 276 g/mol. The molecule has 0 radical (unpaired) electrons. The van der Waals surface area contributed by atoms with Gasteiger partial charge in [0.15, 0.2) is 5.82 Å². The van der Waals surface area contributed by atoms with Crippen molar-refractivity contribution >= 4 is 21.6 Å². The van der Waals surface area contributed by atoms with Gasteiger partial charge in [-0.25, -0.2) is 4.68 Å². The summed E-state index contributed by atoms with van der Waals surface area (Å²) >= 11 is 0. The van der Waals surface area contributed by atoms with Crippen molar-refractivity contribution in [3.8, 4) is 11.4 Å². The van der Waals surface area contributed by atoms with Crippen molar-refractivity contribution in [2.24, 2.45) is 0 Å². The zero-order valence-electron chi connectivity index (χ0n) is 11.0. The number of hydrogen-bond donors (Lipinski definition) is 1. The van der Waals surface area contributed by atoms with E-state index in [1.54, 1.807) is 26.3 Å². The minimum absolute atomic E-state index is 0.706. The number of nitrogens with zero attached hydrogens (tertiary/aromatic N) is 3. The van der Waals surface area contributed by atoms with Crippen molar-refractivity contribution < 1.29 is 0 Å². The predicted molar refractivity (Wildman–Crippen MR) is 83.4 cm³/mol. The molecule has 6 heteroatoms. The summed E-state index contributed by atoms with van der Waals surface area (Å²) in [6.45, 7) is 2.21. The van der Waals surface area contributed by atoms with Gasteiger partial charge in [0.1, 0.15) is 0 Å². The van der Waals surface area contributed by atoms with Crippen molar-refractivity contribution in [2.75, 3.05) is 11.6 Å². The van der Waals surface area contributed by atoms with E-state index in [-0.39, 0.29) is 0 Å². The van der Waals surface area contributed by atoms with Crippen LogP contribution in [0.3, 0.4) is 0 Å². The Morgan fingerprint density at radius 1 is 1.16 bits per heavy atom. The lowest BCUT2D eigenvalue weighted by molar-refractivity contribution is 0.779. The molecule has 1 heterocycles. The van der Waals surface area contributed by atoms with Crippen molar-refractivity contribution in [2.45, 2.75) is 31.3 Å². The summed E-state index contributed by atoms with van der Waals surface area (Å²) in [7, 11) is 3.38. The van der Waals surface area contributed by atoms with Crippen LogP contribution in [0.2, 0.25) is 0 Å². The van der Waals surface area contributed by atoms with Gasteiger partial charge < -0.3 is 5.84 Å². The third kappa shape index (κ3) is 3.91. The standard InChI is InChI=1S/C13H18N4S2/c1-2-3-7-10-18-19-13-16-15-12(17(13)14)11-8-5-4-6-9-11/h4-6,8-9H,2-3,7,10,14H2,1H3. The van der Waals surface area contributed by atoms with E-state index < -0.39 is 0 Å². The van der Waals surface area contributed by atoms with E-state index in [1.165, 1.54) is 19.3 Å². The molecule has 2 rings (SSSR count). The second-order valence-corrected chi connectivity index (χ2v) is 6.54. The Labute approximate surface area is 121 Å². The van der Waals surface area contributed by atoms with Gasteiger partial charge >= 0.3 is 0 Å². The number of nitrogens with two attached hydrogens (primary N) is 1. The first kappa shape index (κ1) is 14.3. The quantitative estimate of drug-likeness (QED) is 0.480. The van der Waals surface area contributed by atoms with Gasteiger partial charge in [0.05, 0.1) is 0 Å². The number of nitrogen functional groups attached to an aromatic ring is 1. The number of hydrogen-bond acceptors (Lipinski definition) is 5. The summed E-state index contributed by atoms with van der Waals surface area (Å²) in [6, 6.07) is 9.87. The zero-order valence-corrected chi connectivity index (χ0v) is 12.6. The highest BCUT2D eigenvalue weighted by molar-refractivity contribution is 8.76. The van der Waals surface area contributed by atoms with Crippen LogP contribution in [0, 0.1) is 0 Å². The van der Waals surface area contributed by atoms with E-state index in [4.69, 9.17) is 5.84 Å². The van der Waals surface area contributed by atoms with Crippen LogP contribution in [0.5, 0.6) is 0 Å². The Hall–Kier alpha value is -1.14. The van der Waals surface area contributed by atoms with Gasteiger partial charge in [-0.3, -0.25) is 0 Å². The van der Waals surface area contributed by atoms with Gasteiger partial charge in [-0.2, -0.15) is 0 Å². The molecule has 0 saturated carbocycles. The molecule has 102 valence electrons. The van der Waals surface area contributed by atoms with Gasteiger partial charge in [-0.15, -0.1) is 10.2 Å². The zero-order chi connectivity index (χ0) is 13.5. The van der Waals surface area contributed by atoms with Crippen molar-refractivity contribution in [3.05, 3.63) is 30.3 Å². The summed E-state index contributed by atoms with van der Waals surface area (Å²) in [4.78, 5) is 0. The third-order valence-electron chi connectivity index (χ3n) is 2.66. The van der Waals surface area contributed by atoms with Crippen molar-refractivity contribution in [1.29, 1.82) is 0 Å². The van der Waals surface area contributed by atoms with Crippen LogP contribution in [-0.2, 0) is 0 Å². The van der Waals surface area contributed by atoms with E-state index >= 15 is 0 Å². The molecule has 1 aromatic carbocycles. The van der Waals surface area contributed by atoms with E-state index in [0.717, 1.165) is 16.5 Å². The third-order valence-corrected chi connectivity index (χ3v) is 4.96. The summed E-state index contributed by atoms with van der Waals surface area (Å²) in [5.74, 6) is 7.86. The SMILES string of the molecule is CCCCCSSc1nnc(-c2ccccc2)n1N. The molecule has 0 amide bonds. The molecule has 0 atom stereocenters. The molecule has 0 aliphatic heterocycles. The van der Waals surface area contributed by atoms with Crippen molar-refractivity contribution in [1.82, 2.24) is 14.9 Å². The van der Waals surface area contributed by atoms with Gasteiger partial charge in [-0.1, -0.05) is 60.9 Å². The lowest BCUT2D eigenvalue weighted by Crippen LogP contribution is -2.11. The summed E-state index contributed by atoms with van der Waals surface area (Å²) in [5, 5.41) is 9.05. The van der Waals surface area contributed by atoms with Crippen LogP contribution in [0.15, 0.2) is 35.5 Å².